The van der Waals surface area contributed by atoms with E-state index in [1.165, 1.54) is 11.1 Å². The average molecular weight is 380 g/mol. The summed E-state index contributed by atoms with van der Waals surface area (Å²) < 4.78 is 0. The third-order valence-electron chi connectivity index (χ3n) is 5.86. The Morgan fingerprint density at radius 3 is 2.11 bits per heavy atom. The molecule has 1 N–H and O–H groups in total. The van der Waals surface area contributed by atoms with E-state index in [1.54, 1.807) is 4.90 Å². The van der Waals surface area contributed by atoms with Crippen LogP contribution in [0.5, 0.6) is 0 Å². The van der Waals surface area contributed by atoms with Crippen LogP contribution < -0.4 is 4.90 Å². The van der Waals surface area contributed by atoms with Crippen molar-refractivity contribution in [2.75, 3.05) is 19.6 Å². The van der Waals surface area contributed by atoms with E-state index in [0.717, 1.165) is 45.4 Å². The quantitative estimate of drug-likeness (QED) is 0.747. The van der Waals surface area contributed by atoms with Gasteiger partial charge in [-0.05, 0) is 11.5 Å². The summed E-state index contributed by atoms with van der Waals surface area (Å²) in [7, 11) is 0. The van der Waals surface area contributed by atoms with Crippen molar-refractivity contribution in [1.29, 1.82) is 0 Å². The molecule has 0 spiro atoms. The largest absolute Gasteiger partial charge is 0.342 e. The fourth-order valence-corrected chi connectivity index (χ4v) is 4.26. The molecule has 2 aromatic rings. The van der Waals surface area contributed by atoms with Gasteiger partial charge >= 0.3 is 0 Å². The molecule has 1 fully saturated rings. The summed E-state index contributed by atoms with van der Waals surface area (Å²) in [5.41, 5.74) is 2.82. The number of nitrogens with one attached hydrogen (secondary N) is 1. The summed E-state index contributed by atoms with van der Waals surface area (Å²) in [5.74, 6) is 0.777. The SMILES string of the molecule is CC(C)CC(=O)N1CCC([NH+](CCc2ccccc2)Cc2ccccc2)CC1. The summed E-state index contributed by atoms with van der Waals surface area (Å²) in [5, 5.41) is 0. The van der Waals surface area contributed by atoms with Gasteiger partial charge in [-0.15, -0.1) is 0 Å². The molecule has 0 bridgehead atoms. The number of likely N-dealkylation sites (tertiary alicyclic amines) is 1. The van der Waals surface area contributed by atoms with Crippen molar-refractivity contribution in [3.8, 4) is 0 Å². The second-order valence-corrected chi connectivity index (χ2v) is 8.56. The highest BCUT2D eigenvalue weighted by Crippen LogP contribution is 2.13. The Morgan fingerprint density at radius 1 is 0.964 bits per heavy atom. The van der Waals surface area contributed by atoms with E-state index >= 15 is 0 Å². The first-order valence-electron chi connectivity index (χ1n) is 10.8. The van der Waals surface area contributed by atoms with E-state index in [4.69, 9.17) is 0 Å². The van der Waals surface area contributed by atoms with Crippen LogP contribution in [0.15, 0.2) is 60.7 Å². The van der Waals surface area contributed by atoms with Crippen LogP contribution in [-0.4, -0.2) is 36.5 Å². The highest BCUT2D eigenvalue weighted by atomic mass is 16.2. The van der Waals surface area contributed by atoms with Crippen molar-refractivity contribution in [3.05, 3.63) is 71.8 Å². The van der Waals surface area contributed by atoms with Gasteiger partial charge in [0.05, 0.1) is 12.6 Å². The highest BCUT2D eigenvalue weighted by Gasteiger charge is 2.29. The molecule has 1 unspecified atom stereocenters. The van der Waals surface area contributed by atoms with Gasteiger partial charge in [0.1, 0.15) is 6.54 Å². The molecule has 3 heteroatoms. The van der Waals surface area contributed by atoms with E-state index in [2.05, 4.69) is 79.4 Å². The second kappa shape index (κ2) is 10.4. The van der Waals surface area contributed by atoms with Crippen LogP contribution in [-0.2, 0) is 17.8 Å². The van der Waals surface area contributed by atoms with Gasteiger partial charge in [0, 0.05) is 44.3 Å². The molecule has 0 saturated carbocycles. The Balaban J connectivity index is 1.61. The zero-order valence-electron chi connectivity index (χ0n) is 17.4. The smallest absolute Gasteiger partial charge is 0.222 e. The lowest BCUT2D eigenvalue weighted by Gasteiger charge is -2.36. The summed E-state index contributed by atoms with van der Waals surface area (Å²) in [6.45, 7) is 8.29. The lowest BCUT2D eigenvalue weighted by atomic mass is 10.00. The lowest BCUT2D eigenvalue weighted by molar-refractivity contribution is -0.940. The predicted octanol–water partition coefficient (Wildman–Crippen LogP) is 3.35. The number of amides is 1. The van der Waals surface area contributed by atoms with Crippen molar-refractivity contribution >= 4 is 5.91 Å². The Kier molecular flexibility index (Phi) is 7.67. The molecule has 1 amide bonds. The monoisotopic (exact) mass is 379 g/mol. The van der Waals surface area contributed by atoms with Crippen LogP contribution in [0.4, 0.5) is 0 Å². The van der Waals surface area contributed by atoms with Gasteiger partial charge in [-0.2, -0.15) is 0 Å². The molecule has 0 aliphatic carbocycles. The number of piperidine rings is 1. The molecule has 2 aromatic carbocycles. The van der Waals surface area contributed by atoms with Gasteiger partial charge in [-0.3, -0.25) is 4.79 Å². The van der Waals surface area contributed by atoms with Gasteiger partial charge in [0.2, 0.25) is 5.91 Å². The highest BCUT2D eigenvalue weighted by molar-refractivity contribution is 5.76. The minimum atomic E-state index is 0.336. The molecular weight excluding hydrogens is 344 g/mol. The molecule has 1 heterocycles. The first-order valence-corrected chi connectivity index (χ1v) is 10.8. The minimum absolute atomic E-state index is 0.336. The van der Waals surface area contributed by atoms with Crippen LogP contribution in [0.1, 0.15) is 44.2 Å². The van der Waals surface area contributed by atoms with Crippen LogP contribution in [0.25, 0.3) is 0 Å². The van der Waals surface area contributed by atoms with Gasteiger partial charge in [0.15, 0.2) is 0 Å². The van der Waals surface area contributed by atoms with Crippen LogP contribution in [0.2, 0.25) is 0 Å². The molecule has 3 rings (SSSR count). The average Bonchev–Trinajstić information content (AvgIpc) is 2.72. The van der Waals surface area contributed by atoms with Crippen LogP contribution in [0, 0.1) is 5.92 Å². The number of benzene rings is 2. The predicted molar refractivity (Wildman–Crippen MR) is 115 cm³/mol. The van der Waals surface area contributed by atoms with Crippen LogP contribution in [0.3, 0.4) is 0 Å². The normalized spacial score (nSPS) is 16.3. The lowest BCUT2D eigenvalue weighted by Crippen LogP contribution is -3.15. The standard InChI is InChI=1S/C25H34N2O/c1-21(2)19-25(28)26-17-14-24(15-18-26)27(20-23-11-7-4-8-12-23)16-13-22-9-5-3-6-10-22/h3-12,21,24H,13-20H2,1-2H3/p+1. The van der Waals surface area contributed by atoms with Gasteiger partial charge in [-0.1, -0.05) is 74.5 Å². The first kappa shape index (κ1) is 20.6. The number of quaternary nitrogens is 1. The molecule has 1 saturated heterocycles. The maximum Gasteiger partial charge on any atom is 0.222 e. The number of carbonyl (C=O) groups is 1. The summed E-state index contributed by atoms with van der Waals surface area (Å²) in [4.78, 5) is 16.2. The summed E-state index contributed by atoms with van der Waals surface area (Å²) in [6.07, 6.45) is 4.01. The summed E-state index contributed by atoms with van der Waals surface area (Å²) in [6, 6.07) is 22.3. The fraction of sp³-hybridized carbons (Fsp3) is 0.480. The molecule has 1 aliphatic heterocycles. The fourth-order valence-electron chi connectivity index (χ4n) is 4.26. The van der Waals surface area contributed by atoms with E-state index in [9.17, 15) is 4.79 Å². The van der Waals surface area contributed by atoms with Crippen molar-refractivity contribution < 1.29 is 9.69 Å². The maximum absolute atomic E-state index is 12.4. The molecule has 150 valence electrons. The molecule has 28 heavy (non-hydrogen) atoms. The first-order chi connectivity index (χ1) is 13.6. The van der Waals surface area contributed by atoms with E-state index in [1.807, 2.05) is 0 Å². The van der Waals surface area contributed by atoms with Gasteiger partial charge < -0.3 is 9.80 Å². The molecule has 0 radical (unpaired) electrons. The van der Waals surface area contributed by atoms with Crippen molar-refractivity contribution in [3.63, 3.8) is 0 Å². The molecular formula is C25H35N2O+. The van der Waals surface area contributed by atoms with Gasteiger partial charge in [0.25, 0.3) is 0 Å². The molecule has 0 aromatic heterocycles. The van der Waals surface area contributed by atoms with Crippen LogP contribution >= 0.6 is 0 Å². The van der Waals surface area contributed by atoms with E-state index in [-0.39, 0.29) is 0 Å². The van der Waals surface area contributed by atoms with Gasteiger partial charge in [-0.25, -0.2) is 0 Å². The Labute approximate surface area is 170 Å². The number of hydrogen-bond acceptors (Lipinski definition) is 1. The maximum atomic E-state index is 12.4. The zero-order valence-corrected chi connectivity index (χ0v) is 17.4. The third kappa shape index (κ3) is 6.20. The minimum Gasteiger partial charge on any atom is -0.342 e. The number of hydrogen-bond donors (Lipinski definition) is 1. The molecule has 1 atom stereocenters. The third-order valence-corrected chi connectivity index (χ3v) is 5.86. The van der Waals surface area contributed by atoms with Crippen molar-refractivity contribution in [2.24, 2.45) is 5.92 Å². The number of rotatable bonds is 8. The zero-order chi connectivity index (χ0) is 19.8. The van der Waals surface area contributed by atoms with Crippen molar-refractivity contribution in [1.82, 2.24) is 4.90 Å². The number of carbonyl (C=O) groups excluding carboxylic acids is 1. The Hall–Kier alpha value is -2.13. The van der Waals surface area contributed by atoms with E-state index < -0.39 is 0 Å². The Morgan fingerprint density at radius 2 is 1.54 bits per heavy atom. The Bertz CT molecular complexity index is 706. The topological polar surface area (TPSA) is 24.8 Å². The van der Waals surface area contributed by atoms with Crippen molar-refractivity contribution in [2.45, 2.75) is 52.1 Å². The summed E-state index contributed by atoms with van der Waals surface area (Å²) >= 11 is 0. The van der Waals surface area contributed by atoms with E-state index in [0.29, 0.717) is 24.3 Å². The molecule has 1 aliphatic rings. The second-order valence-electron chi connectivity index (χ2n) is 8.56. The molecule has 3 nitrogen and oxygen atoms in total. The number of nitrogens with zero attached hydrogens (tertiary/aromatic N) is 1.